The third kappa shape index (κ3) is 5.40. The molecule has 2 N–H and O–H groups in total. The van der Waals surface area contributed by atoms with Crippen molar-refractivity contribution in [3.8, 4) is 5.75 Å². The second kappa shape index (κ2) is 8.99. The molecule has 0 aliphatic rings. The Balaban J connectivity index is 2.11. The maximum atomic E-state index is 12.6. The molecule has 28 heavy (non-hydrogen) atoms. The molecule has 1 atom stereocenters. The van der Waals surface area contributed by atoms with Gasteiger partial charge < -0.3 is 10.1 Å². The van der Waals surface area contributed by atoms with E-state index in [2.05, 4.69) is 10.0 Å². The molecule has 0 bridgehead atoms. The topological polar surface area (TPSA) is 102 Å². The molecule has 0 aromatic heterocycles. The van der Waals surface area contributed by atoms with Crippen molar-refractivity contribution in [3.63, 3.8) is 0 Å². The van der Waals surface area contributed by atoms with Crippen molar-refractivity contribution in [2.24, 2.45) is 0 Å². The summed E-state index contributed by atoms with van der Waals surface area (Å²) in [7, 11) is -3.89. The third-order valence-corrected chi connectivity index (χ3v) is 5.56. The predicted molar refractivity (Wildman–Crippen MR) is 107 cm³/mol. The minimum Gasteiger partial charge on any atom is -0.494 e. The molecule has 0 aliphatic carbocycles. The highest BCUT2D eigenvalue weighted by atomic mass is 32.2. The highest BCUT2D eigenvalue weighted by Gasteiger charge is 2.23. The first kappa shape index (κ1) is 21.6. The van der Waals surface area contributed by atoms with E-state index in [9.17, 15) is 18.0 Å². The number of ether oxygens (including phenoxy) is 1. The summed E-state index contributed by atoms with van der Waals surface area (Å²) in [6.07, 6.45) is 0. The Hall–Kier alpha value is -2.71. The van der Waals surface area contributed by atoms with Crippen LogP contribution in [0.25, 0.3) is 0 Å². The van der Waals surface area contributed by atoms with Crippen LogP contribution in [0.5, 0.6) is 5.75 Å². The Labute approximate surface area is 165 Å². The fourth-order valence-electron chi connectivity index (χ4n) is 2.53. The van der Waals surface area contributed by atoms with Crippen LogP contribution < -0.4 is 14.8 Å². The summed E-state index contributed by atoms with van der Waals surface area (Å²) in [4.78, 5) is 23.9. The summed E-state index contributed by atoms with van der Waals surface area (Å²) >= 11 is 0. The Kier molecular flexibility index (Phi) is 6.93. The summed E-state index contributed by atoms with van der Waals surface area (Å²) < 4.78 is 32.9. The van der Waals surface area contributed by atoms with Crippen molar-refractivity contribution in [1.82, 2.24) is 4.72 Å². The Bertz CT molecular complexity index is 986. The van der Waals surface area contributed by atoms with Crippen molar-refractivity contribution in [2.45, 2.75) is 38.6 Å². The first-order chi connectivity index (χ1) is 13.1. The zero-order valence-corrected chi connectivity index (χ0v) is 17.1. The van der Waals surface area contributed by atoms with Gasteiger partial charge in [0.05, 0.1) is 17.5 Å². The van der Waals surface area contributed by atoms with Crippen LogP contribution in [0.15, 0.2) is 47.4 Å². The minimum absolute atomic E-state index is 0.0479. The number of sulfonamides is 1. The molecule has 0 unspecified atom stereocenters. The summed E-state index contributed by atoms with van der Waals surface area (Å²) in [6.45, 7) is 6.95. The SMILES string of the molecule is CCOc1ccc(S(=O)(=O)N[C@H](C)C(=O)Nc2cccc(C(C)=O)c2)cc1C. The van der Waals surface area contributed by atoms with Crippen molar-refractivity contribution < 1.29 is 22.7 Å². The molecule has 0 heterocycles. The first-order valence-corrected chi connectivity index (χ1v) is 10.3. The molecule has 0 saturated heterocycles. The lowest BCUT2D eigenvalue weighted by Crippen LogP contribution is -2.41. The molecule has 7 nitrogen and oxygen atoms in total. The molecule has 0 spiro atoms. The van der Waals surface area contributed by atoms with Crippen LogP contribution in [-0.2, 0) is 14.8 Å². The van der Waals surface area contributed by atoms with E-state index in [0.717, 1.165) is 0 Å². The standard InChI is InChI=1S/C20H24N2O5S/c1-5-27-19-10-9-18(11-13(19)2)28(25,26)22-14(3)20(24)21-17-8-6-7-16(12-17)15(4)23/h6-12,14,22H,5H2,1-4H3,(H,21,24)/t14-/m1/s1. The number of ketones is 1. The van der Waals surface area contributed by atoms with Gasteiger partial charge in [0.1, 0.15) is 5.75 Å². The second-order valence-electron chi connectivity index (χ2n) is 6.33. The molecular weight excluding hydrogens is 380 g/mol. The fourth-order valence-corrected chi connectivity index (χ4v) is 3.81. The number of nitrogens with one attached hydrogen (secondary N) is 2. The Morgan fingerprint density at radius 2 is 1.86 bits per heavy atom. The number of anilines is 1. The number of rotatable bonds is 8. The van der Waals surface area contributed by atoms with Crippen molar-refractivity contribution in [1.29, 1.82) is 0 Å². The number of carbonyl (C=O) groups excluding carboxylic acids is 2. The van der Waals surface area contributed by atoms with E-state index in [1.807, 2.05) is 6.92 Å². The molecule has 0 saturated carbocycles. The number of benzene rings is 2. The summed E-state index contributed by atoms with van der Waals surface area (Å²) in [6, 6.07) is 9.94. The van der Waals surface area contributed by atoms with E-state index in [0.29, 0.717) is 29.2 Å². The highest BCUT2D eigenvalue weighted by Crippen LogP contribution is 2.22. The summed E-state index contributed by atoms with van der Waals surface area (Å²) in [5, 5.41) is 2.61. The van der Waals surface area contributed by atoms with E-state index in [-0.39, 0.29) is 10.7 Å². The monoisotopic (exact) mass is 404 g/mol. The lowest BCUT2D eigenvalue weighted by Gasteiger charge is -2.16. The number of amides is 1. The van der Waals surface area contributed by atoms with Gasteiger partial charge in [0.25, 0.3) is 0 Å². The van der Waals surface area contributed by atoms with Crippen molar-refractivity contribution in [2.75, 3.05) is 11.9 Å². The molecule has 2 aromatic carbocycles. The van der Waals surface area contributed by atoms with Gasteiger partial charge in [-0.3, -0.25) is 9.59 Å². The van der Waals surface area contributed by atoms with Crippen LogP contribution in [0.4, 0.5) is 5.69 Å². The zero-order chi connectivity index (χ0) is 20.9. The van der Waals surface area contributed by atoms with Crippen LogP contribution in [0.2, 0.25) is 0 Å². The lowest BCUT2D eigenvalue weighted by atomic mass is 10.1. The molecule has 0 radical (unpaired) electrons. The van der Waals surface area contributed by atoms with Gasteiger partial charge in [-0.2, -0.15) is 4.72 Å². The zero-order valence-electron chi connectivity index (χ0n) is 16.3. The highest BCUT2D eigenvalue weighted by molar-refractivity contribution is 7.89. The number of carbonyl (C=O) groups is 2. The normalized spacial score (nSPS) is 12.3. The van der Waals surface area contributed by atoms with Gasteiger partial charge in [-0.15, -0.1) is 0 Å². The van der Waals surface area contributed by atoms with Crippen molar-refractivity contribution >= 4 is 27.4 Å². The predicted octanol–water partition coefficient (Wildman–Crippen LogP) is 2.90. The van der Waals surface area contributed by atoms with E-state index in [4.69, 9.17) is 4.74 Å². The van der Waals surface area contributed by atoms with Gasteiger partial charge in [0, 0.05) is 11.3 Å². The van der Waals surface area contributed by atoms with Crippen molar-refractivity contribution in [3.05, 3.63) is 53.6 Å². The van der Waals surface area contributed by atoms with Crippen LogP contribution in [-0.4, -0.2) is 32.8 Å². The van der Waals surface area contributed by atoms with Gasteiger partial charge in [0.15, 0.2) is 5.78 Å². The number of hydrogen-bond donors (Lipinski definition) is 2. The molecule has 0 aliphatic heterocycles. The Morgan fingerprint density at radius 1 is 1.14 bits per heavy atom. The number of Topliss-reactive ketones (excluding diaryl/α,β-unsaturated/α-hetero) is 1. The molecular formula is C20H24N2O5S. The third-order valence-electron chi connectivity index (χ3n) is 4.02. The lowest BCUT2D eigenvalue weighted by molar-refractivity contribution is -0.117. The maximum absolute atomic E-state index is 12.6. The maximum Gasteiger partial charge on any atom is 0.242 e. The average Bonchev–Trinajstić information content (AvgIpc) is 2.63. The van der Waals surface area contributed by atoms with Gasteiger partial charge in [-0.25, -0.2) is 8.42 Å². The average molecular weight is 404 g/mol. The molecule has 2 rings (SSSR count). The fraction of sp³-hybridized carbons (Fsp3) is 0.300. The number of aryl methyl sites for hydroxylation is 1. The summed E-state index contributed by atoms with van der Waals surface area (Å²) in [5.41, 5.74) is 1.56. The minimum atomic E-state index is -3.89. The Morgan fingerprint density at radius 3 is 2.46 bits per heavy atom. The molecule has 150 valence electrons. The van der Waals surface area contributed by atoms with E-state index in [1.165, 1.54) is 32.0 Å². The molecule has 0 fully saturated rings. The second-order valence-corrected chi connectivity index (χ2v) is 8.04. The molecule has 1 amide bonds. The van der Waals surface area contributed by atoms with E-state index < -0.39 is 22.0 Å². The largest absolute Gasteiger partial charge is 0.494 e. The van der Waals surface area contributed by atoms with E-state index in [1.54, 1.807) is 31.2 Å². The van der Waals surface area contributed by atoms with Crippen LogP contribution in [0.3, 0.4) is 0 Å². The molecule has 2 aromatic rings. The van der Waals surface area contributed by atoms with E-state index >= 15 is 0 Å². The first-order valence-electron chi connectivity index (χ1n) is 8.81. The summed E-state index contributed by atoms with van der Waals surface area (Å²) in [5.74, 6) is -0.0553. The smallest absolute Gasteiger partial charge is 0.242 e. The van der Waals surface area contributed by atoms with Gasteiger partial charge in [0.2, 0.25) is 15.9 Å². The number of hydrogen-bond acceptors (Lipinski definition) is 5. The van der Waals surface area contributed by atoms with Crippen LogP contribution >= 0.6 is 0 Å². The van der Waals surface area contributed by atoms with Gasteiger partial charge in [-0.1, -0.05) is 12.1 Å². The van der Waals surface area contributed by atoms with Gasteiger partial charge in [-0.05, 0) is 63.6 Å². The molecule has 8 heteroatoms. The quantitative estimate of drug-likeness (QED) is 0.659. The van der Waals surface area contributed by atoms with Crippen LogP contribution in [0.1, 0.15) is 36.7 Å². The van der Waals surface area contributed by atoms with Gasteiger partial charge >= 0.3 is 0 Å². The van der Waals surface area contributed by atoms with Crippen LogP contribution in [0, 0.1) is 6.92 Å².